The average molecular weight is 504 g/mol. The van der Waals surface area contributed by atoms with Crippen molar-refractivity contribution in [1.29, 1.82) is 0 Å². The second-order valence-corrected chi connectivity index (χ2v) is 7.45. The SMILES string of the molecule is CN=C(NCCOCCC(C)C)NCC1CCN(c2ccccc2OC)C1.I. The number of guanidine groups is 1. The van der Waals surface area contributed by atoms with Gasteiger partial charge in [0.2, 0.25) is 0 Å². The molecule has 0 saturated carbocycles. The summed E-state index contributed by atoms with van der Waals surface area (Å²) in [4.78, 5) is 6.71. The molecule has 0 bridgehead atoms. The number of nitrogens with one attached hydrogen (secondary N) is 2. The monoisotopic (exact) mass is 504 g/mol. The van der Waals surface area contributed by atoms with Gasteiger partial charge in [-0.1, -0.05) is 26.0 Å². The van der Waals surface area contributed by atoms with Crippen LogP contribution in [-0.2, 0) is 4.74 Å². The first-order valence-electron chi connectivity index (χ1n) is 10.0. The molecule has 6 nitrogen and oxygen atoms in total. The molecular weight excluding hydrogens is 467 g/mol. The Labute approximate surface area is 187 Å². The lowest BCUT2D eigenvalue weighted by Gasteiger charge is -2.21. The van der Waals surface area contributed by atoms with Gasteiger partial charge in [0.25, 0.3) is 0 Å². The van der Waals surface area contributed by atoms with E-state index in [0.29, 0.717) is 18.4 Å². The first kappa shape index (κ1) is 24.8. The highest BCUT2D eigenvalue weighted by molar-refractivity contribution is 14.0. The topological polar surface area (TPSA) is 58.1 Å². The van der Waals surface area contributed by atoms with E-state index in [0.717, 1.165) is 50.9 Å². The van der Waals surface area contributed by atoms with Crippen molar-refractivity contribution in [3.05, 3.63) is 24.3 Å². The summed E-state index contributed by atoms with van der Waals surface area (Å²) in [5.74, 6) is 3.07. The third kappa shape index (κ3) is 8.43. The minimum atomic E-state index is 0. The molecule has 2 rings (SSSR count). The number of methoxy groups -OCH3 is 1. The Bertz CT molecular complexity index is 583. The van der Waals surface area contributed by atoms with Crippen LogP contribution in [0.5, 0.6) is 5.75 Å². The standard InChI is InChI=1S/C21H36N4O2.HI/c1-17(2)10-13-27-14-11-23-21(22-3)24-15-18-9-12-25(16-18)19-7-5-6-8-20(19)26-4;/h5-8,17-18H,9-16H2,1-4H3,(H2,22,23,24);1H. The first-order chi connectivity index (χ1) is 13.1. The Hall–Kier alpha value is -1.22. The summed E-state index contributed by atoms with van der Waals surface area (Å²) in [5.41, 5.74) is 1.18. The molecule has 1 aliphatic heterocycles. The quantitative estimate of drug-likeness (QED) is 0.222. The summed E-state index contributed by atoms with van der Waals surface area (Å²) in [6.45, 7) is 9.74. The highest BCUT2D eigenvalue weighted by Crippen LogP contribution is 2.31. The fourth-order valence-corrected chi connectivity index (χ4v) is 3.23. The lowest BCUT2D eigenvalue weighted by molar-refractivity contribution is 0.128. The van der Waals surface area contributed by atoms with Crippen LogP contribution in [0.3, 0.4) is 0 Å². The Morgan fingerprint density at radius 2 is 2.04 bits per heavy atom. The van der Waals surface area contributed by atoms with E-state index >= 15 is 0 Å². The van der Waals surface area contributed by atoms with Crippen molar-refractivity contribution in [2.45, 2.75) is 26.7 Å². The maximum absolute atomic E-state index is 5.64. The summed E-state index contributed by atoms with van der Waals surface area (Å²) < 4.78 is 11.1. The molecule has 7 heteroatoms. The van der Waals surface area contributed by atoms with Gasteiger partial charge in [0.05, 0.1) is 19.4 Å². The summed E-state index contributed by atoms with van der Waals surface area (Å²) >= 11 is 0. The molecule has 0 spiro atoms. The van der Waals surface area contributed by atoms with E-state index < -0.39 is 0 Å². The molecule has 1 atom stereocenters. The molecule has 0 radical (unpaired) electrons. The first-order valence-corrected chi connectivity index (χ1v) is 10.0. The number of ether oxygens (including phenoxy) is 2. The van der Waals surface area contributed by atoms with Crippen LogP contribution in [0.2, 0.25) is 0 Å². The Morgan fingerprint density at radius 1 is 1.25 bits per heavy atom. The van der Waals surface area contributed by atoms with Crippen molar-refractivity contribution in [2.24, 2.45) is 16.8 Å². The molecule has 1 aliphatic rings. The number of nitrogens with zero attached hydrogens (tertiary/aromatic N) is 2. The Balaban J connectivity index is 0.00000392. The van der Waals surface area contributed by atoms with Gasteiger partial charge in [0.1, 0.15) is 5.75 Å². The third-order valence-electron chi connectivity index (χ3n) is 4.87. The molecule has 1 saturated heterocycles. The number of para-hydroxylation sites is 2. The van der Waals surface area contributed by atoms with Crippen molar-refractivity contribution in [3.63, 3.8) is 0 Å². The van der Waals surface area contributed by atoms with Crippen molar-refractivity contribution in [3.8, 4) is 5.75 Å². The zero-order valence-corrected chi connectivity index (χ0v) is 20.1. The largest absolute Gasteiger partial charge is 0.495 e. The van der Waals surface area contributed by atoms with Gasteiger partial charge in [-0.05, 0) is 36.8 Å². The second-order valence-electron chi connectivity index (χ2n) is 7.45. The minimum Gasteiger partial charge on any atom is -0.495 e. The van der Waals surface area contributed by atoms with Gasteiger partial charge in [0.15, 0.2) is 5.96 Å². The van der Waals surface area contributed by atoms with Gasteiger partial charge in [0, 0.05) is 39.8 Å². The molecule has 0 aliphatic carbocycles. The van der Waals surface area contributed by atoms with Crippen LogP contribution in [0.15, 0.2) is 29.3 Å². The highest BCUT2D eigenvalue weighted by Gasteiger charge is 2.24. The number of benzene rings is 1. The average Bonchev–Trinajstić information content (AvgIpc) is 3.15. The highest BCUT2D eigenvalue weighted by atomic mass is 127. The maximum Gasteiger partial charge on any atom is 0.191 e. The zero-order valence-electron chi connectivity index (χ0n) is 17.7. The van der Waals surface area contributed by atoms with Gasteiger partial charge >= 0.3 is 0 Å². The number of anilines is 1. The van der Waals surface area contributed by atoms with E-state index in [1.807, 2.05) is 19.2 Å². The molecule has 2 N–H and O–H groups in total. The van der Waals surface area contributed by atoms with Crippen molar-refractivity contribution < 1.29 is 9.47 Å². The third-order valence-corrected chi connectivity index (χ3v) is 4.87. The zero-order chi connectivity index (χ0) is 19.5. The van der Waals surface area contributed by atoms with E-state index in [4.69, 9.17) is 9.47 Å². The van der Waals surface area contributed by atoms with Crippen LogP contribution in [0.4, 0.5) is 5.69 Å². The van der Waals surface area contributed by atoms with Crippen LogP contribution in [0.25, 0.3) is 0 Å². The van der Waals surface area contributed by atoms with Gasteiger partial charge in [-0.3, -0.25) is 4.99 Å². The maximum atomic E-state index is 5.64. The minimum absolute atomic E-state index is 0. The predicted molar refractivity (Wildman–Crippen MR) is 128 cm³/mol. The van der Waals surface area contributed by atoms with Crippen molar-refractivity contribution >= 4 is 35.6 Å². The summed E-state index contributed by atoms with van der Waals surface area (Å²) in [6.07, 6.45) is 2.28. The van der Waals surface area contributed by atoms with E-state index in [-0.39, 0.29) is 24.0 Å². The molecule has 1 unspecified atom stereocenters. The Kier molecular flexibility index (Phi) is 12.3. The lowest BCUT2D eigenvalue weighted by atomic mass is 10.1. The number of rotatable bonds is 10. The number of hydrogen-bond acceptors (Lipinski definition) is 4. The lowest BCUT2D eigenvalue weighted by Crippen LogP contribution is -2.41. The summed E-state index contributed by atoms with van der Waals surface area (Å²) in [6, 6.07) is 8.24. The predicted octanol–water partition coefficient (Wildman–Crippen LogP) is 3.37. The molecule has 0 amide bonds. The van der Waals surface area contributed by atoms with E-state index in [2.05, 4.69) is 46.5 Å². The van der Waals surface area contributed by atoms with E-state index in [1.165, 1.54) is 12.1 Å². The number of aliphatic imine (C=N–C) groups is 1. The van der Waals surface area contributed by atoms with Crippen molar-refractivity contribution in [2.75, 3.05) is 58.5 Å². The van der Waals surface area contributed by atoms with Crippen LogP contribution < -0.4 is 20.3 Å². The molecule has 1 aromatic carbocycles. The molecular formula is C21H37IN4O2. The second kappa shape index (κ2) is 13.9. The molecule has 1 heterocycles. The molecule has 0 aromatic heterocycles. The van der Waals surface area contributed by atoms with E-state index in [1.54, 1.807) is 7.11 Å². The van der Waals surface area contributed by atoms with Gasteiger partial charge < -0.3 is 25.0 Å². The molecule has 1 fully saturated rings. The van der Waals surface area contributed by atoms with Crippen LogP contribution in [-0.4, -0.2) is 59.5 Å². The van der Waals surface area contributed by atoms with Crippen LogP contribution in [0.1, 0.15) is 26.7 Å². The summed E-state index contributed by atoms with van der Waals surface area (Å²) in [7, 11) is 3.54. The Morgan fingerprint density at radius 3 is 2.75 bits per heavy atom. The fraction of sp³-hybridized carbons (Fsp3) is 0.667. The van der Waals surface area contributed by atoms with E-state index in [9.17, 15) is 0 Å². The van der Waals surface area contributed by atoms with Gasteiger partial charge in [-0.25, -0.2) is 0 Å². The van der Waals surface area contributed by atoms with Gasteiger partial charge in [-0.2, -0.15) is 0 Å². The van der Waals surface area contributed by atoms with Gasteiger partial charge in [-0.15, -0.1) is 24.0 Å². The van der Waals surface area contributed by atoms with Crippen LogP contribution in [0, 0.1) is 11.8 Å². The normalized spacial score (nSPS) is 16.8. The molecule has 160 valence electrons. The van der Waals surface area contributed by atoms with Crippen LogP contribution >= 0.6 is 24.0 Å². The summed E-state index contributed by atoms with van der Waals surface area (Å²) in [5, 5.41) is 6.77. The van der Waals surface area contributed by atoms with Crippen molar-refractivity contribution in [1.82, 2.24) is 10.6 Å². The molecule has 1 aromatic rings. The smallest absolute Gasteiger partial charge is 0.191 e. The fourth-order valence-electron chi connectivity index (χ4n) is 3.23. The molecule has 28 heavy (non-hydrogen) atoms. The number of halogens is 1. The number of hydrogen-bond donors (Lipinski definition) is 2.